The summed E-state index contributed by atoms with van der Waals surface area (Å²) in [7, 11) is -4.22. The van der Waals surface area contributed by atoms with Crippen LogP contribution >= 0.6 is 0 Å². The van der Waals surface area contributed by atoms with Crippen LogP contribution in [0.25, 0.3) is 0 Å². The number of ether oxygens (including phenoxy) is 2. The van der Waals surface area contributed by atoms with Crippen molar-refractivity contribution in [3.05, 3.63) is 84.2 Å². The van der Waals surface area contributed by atoms with E-state index in [1.807, 2.05) is 6.92 Å². The van der Waals surface area contributed by atoms with Crippen LogP contribution in [0.15, 0.2) is 77.7 Å². The van der Waals surface area contributed by atoms with Crippen LogP contribution in [-0.4, -0.2) is 57.0 Å². The third-order valence-corrected chi connectivity index (χ3v) is 9.57. The van der Waals surface area contributed by atoms with Gasteiger partial charge in [-0.05, 0) is 61.2 Å². The van der Waals surface area contributed by atoms with Crippen molar-refractivity contribution in [2.24, 2.45) is 0 Å². The fourth-order valence-corrected chi connectivity index (χ4v) is 6.94. The van der Waals surface area contributed by atoms with Gasteiger partial charge in [-0.1, -0.05) is 50.1 Å². The molecule has 1 unspecified atom stereocenters. The number of sulfonamides is 1. The molecule has 2 amide bonds. The van der Waals surface area contributed by atoms with Gasteiger partial charge in [-0.25, -0.2) is 12.8 Å². The van der Waals surface area contributed by atoms with E-state index in [2.05, 4.69) is 5.32 Å². The van der Waals surface area contributed by atoms with Crippen LogP contribution in [0.5, 0.6) is 11.5 Å². The lowest BCUT2D eigenvalue weighted by atomic mass is 10.1. The first-order chi connectivity index (χ1) is 20.8. The lowest BCUT2D eigenvalue weighted by molar-refractivity contribution is -0.140. The smallest absolute Gasteiger partial charge is 0.264 e. The predicted molar refractivity (Wildman–Crippen MR) is 160 cm³/mol. The van der Waals surface area contributed by atoms with Crippen LogP contribution in [0.4, 0.5) is 10.1 Å². The highest BCUT2D eigenvalue weighted by atomic mass is 32.2. The zero-order valence-electron chi connectivity index (χ0n) is 24.1. The number of rotatable bonds is 11. The summed E-state index contributed by atoms with van der Waals surface area (Å²) in [5, 5.41) is 3.08. The molecule has 1 aliphatic carbocycles. The van der Waals surface area contributed by atoms with Gasteiger partial charge in [0.15, 0.2) is 11.5 Å². The Hall–Kier alpha value is -4.12. The van der Waals surface area contributed by atoms with E-state index in [1.165, 1.54) is 35.2 Å². The average Bonchev–Trinajstić information content (AvgIpc) is 3.53. The minimum absolute atomic E-state index is 0.00390. The third kappa shape index (κ3) is 7.10. The first-order valence-electron chi connectivity index (χ1n) is 14.6. The van der Waals surface area contributed by atoms with E-state index in [0.29, 0.717) is 36.7 Å². The Morgan fingerprint density at radius 3 is 2.30 bits per heavy atom. The Morgan fingerprint density at radius 1 is 0.953 bits per heavy atom. The van der Waals surface area contributed by atoms with Gasteiger partial charge in [0.05, 0.1) is 10.6 Å². The number of halogens is 1. The molecule has 1 saturated carbocycles. The summed E-state index contributed by atoms with van der Waals surface area (Å²) in [6.45, 7) is 1.90. The summed E-state index contributed by atoms with van der Waals surface area (Å²) in [5.41, 5.74) is 0.824. The quantitative estimate of drug-likeness (QED) is 0.339. The SMILES string of the molecule is CCC(C(=O)NC1CCCC1)N(Cc1ccc(F)cc1)C(=O)CN(c1ccc2c(c1)OCCO2)S(=O)(=O)c1ccccc1. The molecule has 1 N–H and O–H groups in total. The van der Waals surface area contributed by atoms with Crippen molar-refractivity contribution >= 4 is 27.5 Å². The summed E-state index contributed by atoms with van der Waals surface area (Å²) >= 11 is 0. The molecule has 3 aromatic rings. The Kier molecular flexibility index (Phi) is 9.49. The van der Waals surface area contributed by atoms with Crippen LogP contribution in [0.1, 0.15) is 44.6 Å². The van der Waals surface area contributed by atoms with Crippen LogP contribution in [0, 0.1) is 5.82 Å². The highest BCUT2D eigenvalue weighted by molar-refractivity contribution is 7.92. The Morgan fingerprint density at radius 2 is 1.63 bits per heavy atom. The van der Waals surface area contributed by atoms with Gasteiger partial charge in [0, 0.05) is 18.7 Å². The van der Waals surface area contributed by atoms with Gasteiger partial charge in [-0.2, -0.15) is 0 Å². The van der Waals surface area contributed by atoms with Crippen LogP contribution < -0.4 is 19.1 Å². The van der Waals surface area contributed by atoms with Crippen molar-refractivity contribution in [3.63, 3.8) is 0 Å². The molecule has 228 valence electrons. The average molecular weight is 610 g/mol. The molecule has 5 rings (SSSR count). The number of hydrogen-bond donors (Lipinski definition) is 1. The number of benzene rings is 3. The largest absolute Gasteiger partial charge is 0.486 e. The number of amides is 2. The molecule has 0 spiro atoms. The van der Waals surface area contributed by atoms with Gasteiger partial charge in [0.25, 0.3) is 10.0 Å². The van der Waals surface area contributed by atoms with Gasteiger partial charge in [0.1, 0.15) is 31.6 Å². The minimum Gasteiger partial charge on any atom is -0.486 e. The molecule has 0 aromatic heterocycles. The predicted octanol–water partition coefficient (Wildman–Crippen LogP) is 4.66. The number of carbonyl (C=O) groups is 2. The van der Waals surface area contributed by atoms with Crippen molar-refractivity contribution in [1.29, 1.82) is 0 Å². The first kappa shape index (κ1) is 30.3. The van der Waals surface area contributed by atoms with E-state index < -0.39 is 34.3 Å². The molecule has 0 radical (unpaired) electrons. The first-order valence-corrected chi connectivity index (χ1v) is 16.0. The second-order valence-corrected chi connectivity index (χ2v) is 12.6. The Balaban J connectivity index is 1.51. The van der Waals surface area contributed by atoms with E-state index >= 15 is 0 Å². The van der Waals surface area contributed by atoms with Crippen LogP contribution in [0.2, 0.25) is 0 Å². The molecule has 3 aromatic carbocycles. The second-order valence-electron chi connectivity index (χ2n) is 10.7. The standard InChI is InChI=1S/C32H36FN3O6S/c1-2-28(32(38)34-25-8-6-7-9-25)35(21-23-12-14-24(33)15-13-23)31(37)22-36(43(39,40)27-10-4-3-5-11-27)26-16-17-29-30(20-26)42-19-18-41-29/h3-5,10-17,20,25,28H,2,6-9,18-19,21-22H2,1H3,(H,34,38). The second kappa shape index (κ2) is 13.5. The zero-order chi connectivity index (χ0) is 30.4. The van der Waals surface area contributed by atoms with Gasteiger partial charge < -0.3 is 19.7 Å². The number of nitrogens with zero attached hydrogens (tertiary/aromatic N) is 2. The van der Waals surface area contributed by atoms with Crippen molar-refractivity contribution in [3.8, 4) is 11.5 Å². The fraction of sp³-hybridized carbons (Fsp3) is 0.375. The van der Waals surface area contributed by atoms with Crippen molar-refractivity contribution in [2.45, 2.75) is 62.6 Å². The molecule has 11 heteroatoms. The molecule has 2 aliphatic rings. The number of hydrogen-bond acceptors (Lipinski definition) is 6. The Labute approximate surface area is 251 Å². The number of fused-ring (bicyclic) bond motifs is 1. The highest BCUT2D eigenvalue weighted by Gasteiger charge is 2.35. The molecule has 1 aliphatic heterocycles. The Bertz CT molecular complexity index is 1530. The normalized spacial score (nSPS) is 15.5. The van der Waals surface area contributed by atoms with Crippen LogP contribution in [-0.2, 0) is 26.2 Å². The van der Waals surface area contributed by atoms with E-state index in [0.717, 1.165) is 30.0 Å². The lowest BCUT2D eigenvalue weighted by Gasteiger charge is -2.34. The lowest BCUT2D eigenvalue weighted by Crippen LogP contribution is -2.53. The number of nitrogens with one attached hydrogen (secondary N) is 1. The van der Waals surface area contributed by atoms with Gasteiger partial charge in [-0.15, -0.1) is 0 Å². The summed E-state index contributed by atoms with van der Waals surface area (Å²) in [4.78, 5) is 29.1. The topological polar surface area (TPSA) is 105 Å². The molecule has 1 heterocycles. The monoisotopic (exact) mass is 609 g/mol. The molecule has 9 nitrogen and oxygen atoms in total. The van der Waals surface area contributed by atoms with Crippen molar-refractivity contribution in [1.82, 2.24) is 10.2 Å². The van der Waals surface area contributed by atoms with Crippen molar-refractivity contribution < 1.29 is 31.9 Å². The van der Waals surface area contributed by atoms with Crippen molar-refractivity contribution in [2.75, 3.05) is 24.1 Å². The van der Waals surface area contributed by atoms with Crippen LogP contribution in [0.3, 0.4) is 0 Å². The summed E-state index contributed by atoms with van der Waals surface area (Å²) < 4.78 is 54.1. The van der Waals surface area contributed by atoms with E-state index in [1.54, 1.807) is 42.5 Å². The molecule has 1 atom stereocenters. The zero-order valence-corrected chi connectivity index (χ0v) is 24.9. The van der Waals surface area contributed by atoms with E-state index in [-0.39, 0.29) is 29.1 Å². The molecular formula is C32H36FN3O6S. The molecule has 43 heavy (non-hydrogen) atoms. The van der Waals surface area contributed by atoms with Gasteiger partial charge in [0.2, 0.25) is 11.8 Å². The number of anilines is 1. The molecular weight excluding hydrogens is 573 g/mol. The van der Waals surface area contributed by atoms with Gasteiger partial charge >= 0.3 is 0 Å². The van der Waals surface area contributed by atoms with E-state index in [9.17, 15) is 22.4 Å². The fourth-order valence-electron chi connectivity index (χ4n) is 5.51. The number of carbonyl (C=O) groups excluding carboxylic acids is 2. The third-order valence-electron chi connectivity index (χ3n) is 7.78. The minimum atomic E-state index is -4.22. The summed E-state index contributed by atoms with van der Waals surface area (Å²) in [5.74, 6) is -0.443. The maximum absolute atomic E-state index is 14.2. The molecule has 0 saturated heterocycles. The summed E-state index contributed by atoms with van der Waals surface area (Å²) in [6.07, 6.45) is 4.12. The summed E-state index contributed by atoms with van der Waals surface area (Å²) in [6, 6.07) is 17.4. The maximum atomic E-state index is 14.2. The van der Waals surface area contributed by atoms with Gasteiger partial charge in [-0.3, -0.25) is 13.9 Å². The molecule has 0 bridgehead atoms. The molecule has 1 fully saturated rings. The van der Waals surface area contributed by atoms with E-state index in [4.69, 9.17) is 9.47 Å². The highest BCUT2D eigenvalue weighted by Crippen LogP contribution is 2.36. The maximum Gasteiger partial charge on any atom is 0.264 e.